The van der Waals surface area contributed by atoms with E-state index < -0.39 is 0 Å². The first-order valence-corrected chi connectivity index (χ1v) is 8.89. The Balaban J connectivity index is 1.87. The first-order valence-electron chi connectivity index (χ1n) is 8.89. The summed E-state index contributed by atoms with van der Waals surface area (Å²) in [7, 11) is 0. The lowest BCUT2D eigenvalue weighted by Crippen LogP contribution is -2.11. The van der Waals surface area contributed by atoms with Gasteiger partial charge in [0.25, 0.3) is 0 Å². The van der Waals surface area contributed by atoms with Crippen molar-refractivity contribution >= 4 is 0 Å². The van der Waals surface area contributed by atoms with E-state index in [0.29, 0.717) is 5.75 Å². The molecule has 2 aromatic rings. The molecule has 1 N–H and O–H groups in total. The molecule has 1 nitrogen and oxygen atoms in total. The third-order valence-corrected chi connectivity index (χ3v) is 5.13. The summed E-state index contributed by atoms with van der Waals surface area (Å²) in [6.07, 6.45) is 6.83. The average molecular weight is 308 g/mol. The third kappa shape index (κ3) is 3.60. The van der Waals surface area contributed by atoms with Crippen molar-refractivity contribution in [1.82, 2.24) is 0 Å². The molecule has 0 amide bonds. The zero-order chi connectivity index (χ0) is 16.4. The second kappa shape index (κ2) is 6.39. The molecule has 23 heavy (non-hydrogen) atoms. The van der Waals surface area contributed by atoms with Gasteiger partial charge in [-0.1, -0.05) is 70.4 Å². The molecule has 3 rings (SSSR count). The Morgan fingerprint density at radius 1 is 0.826 bits per heavy atom. The minimum atomic E-state index is -0.0534. The van der Waals surface area contributed by atoms with Crippen molar-refractivity contribution in [3.05, 3.63) is 53.6 Å². The van der Waals surface area contributed by atoms with Gasteiger partial charge in [0.2, 0.25) is 0 Å². The molecule has 1 heteroatoms. The number of hydrogen-bond donors (Lipinski definition) is 1. The van der Waals surface area contributed by atoms with Gasteiger partial charge in [-0.25, -0.2) is 0 Å². The highest BCUT2D eigenvalue weighted by molar-refractivity contribution is 5.66. The molecular weight excluding hydrogens is 280 g/mol. The minimum Gasteiger partial charge on any atom is -0.508 e. The summed E-state index contributed by atoms with van der Waals surface area (Å²) in [6.45, 7) is 6.41. The van der Waals surface area contributed by atoms with E-state index in [0.717, 1.165) is 11.5 Å². The topological polar surface area (TPSA) is 20.2 Å². The lowest BCUT2D eigenvalue weighted by molar-refractivity contribution is 0.443. The van der Waals surface area contributed by atoms with Gasteiger partial charge in [-0.2, -0.15) is 0 Å². The number of aromatic hydroxyl groups is 1. The number of hydrogen-bond acceptors (Lipinski definition) is 1. The highest BCUT2D eigenvalue weighted by Crippen LogP contribution is 2.36. The Bertz CT molecular complexity index is 655. The zero-order valence-corrected chi connectivity index (χ0v) is 14.6. The molecule has 1 fully saturated rings. The maximum absolute atomic E-state index is 10.1. The van der Waals surface area contributed by atoms with Gasteiger partial charge in [0.1, 0.15) is 5.75 Å². The van der Waals surface area contributed by atoms with Crippen LogP contribution >= 0.6 is 0 Å². The molecule has 0 aromatic heterocycles. The molecule has 0 unspecified atom stereocenters. The molecule has 1 saturated carbocycles. The van der Waals surface area contributed by atoms with Crippen molar-refractivity contribution in [2.45, 2.75) is 64.2 Å². The van der Waals surface area contributed by atoms with E-state index in [1.807, 2.05) is 12.1 Å². The first-order chi connectivity index (χ1) is 10.9. The van der Waals surface area contributed by atoms with E-state index in [1.54, 1.807) is 0 Å². The number of phenols is 1. The molecule has 0 atom stereocenters. The standard InChI is InChI=1S/C22H28O/c1-22(2,3)20-15-19(13-14-21(20)23)18-11-9-17(10-12-18)16-7-5-4-6-8-16/h9-16,23H,4-8H2,1-3H3. The van der Waals surface area contributed by atoms with Crippen LogP contribution in [0.1, 0.15) is 69.9 Å². The van der Waals surface area contributed by atoms with E-state index in [-0.39, 0.29) is 5.41 Å². The van der Waals surface area contributed by atoms with Crippen molar-refractivity contribution in [3.63, 3.8) is 0 Å². The summed E-state index contributed by atoms with van der Waals surface area (Å²) in [6, 6.07) is 15.0. The molecular formula is C22H28O. The predicted molar refractivity (Wildman–Crippen MR) is 98.1 cm³/mol. The quantitative estimate of drug-likeness (QED) is 0.680. The molecule has 0 bridgehead atoms. The van der Waals surface area contributed by atoms with E-state index in [2.05, 4.69) is 51.1 Å². The SMILES string of the molecule is CC(C)(C)c1cc(-c2ccc(C3CCCCC3)cc2)ccc1O. The van der Waals surface area contributed by atoms with Gasteiger partial charge in [-0.05, 0) is 58.6 Å². The van der Waals surface area contributed by atoms with Crippen LogP contribution in [0.5, 0.6) is 5.75 Å². The molecule has 0 heterocycles. The fraction of sp³-hybridized carbons (Fsp3) is 0.455. The fourth-order valence-corrected chi connectivity index (χ4v) is 3.70. The van der Waals surface area contributed by atoms with Crippen LogP contribution in [0.2, 0.25) is 0 Å². The lowest BCUT2D eigenvalue weighted by Gasteiger charge is -2.23. The molecule has 1 aliphatic rings. The molecule has 0 saturated heterocycles. The summed E-state index contributed by atoms with van der Waals surface area (Å²) in [5.74, 6) is 1.14. The van der Waals surface area contributed by atoms with E-state index >= 15 is 0 Å². The van der Waals surface area contributed by atoms with Gasteiger partial charge in [0, 0.05) is 0 Å². The number of benzene rings is 2. The molecule has 1 aliphatic carbocycles. The van der Waals surface area contributed by atoms with Crippen molar-refractivity contribution < 1.29 is 5.11 Å². The fourth-order valence-electron chi connectivity index (χ4n) is 3.70. The highest BCUT2D eigenvalue weighted by Gasteiger charge is 2.19. The Morgan fingerprint density at radius 3 is 2.04 bits per heavy atom. The Hall–Kier alpha value is -1.76. The number of phenolic OH excluding ortho intramolecular Hbond substituents is 1. The van der Waals surface area contributed by atoms with Gasteiger partial charge in [0.05, 0.1) is 0 Å². The summed E-state index contributed by atoms with van der Waals surface area (Å²) >= 11 is 0. The lowest BCUT2D eigenvalue weighted by atomic mass is 9.83. The smallest absolute Gasteiger partial charge is 0.119 e. The normalized spacial score (nSPS) is 16.5. The van der Waals surface area contributed by atoms with Gasteiger partial charge in [-0.15, -0.1) is 0 Å². The third-order valence-electron chi connectivity index (χ3n) is 5.13. The van der Waals surface area contributed by atoms with Crippen LogP contribution in [-0.2, 0) is 5.41 Å². The highest BCUT2D eigenvalue weighted by atomic mass is 16.3. The molecule has 0 radical (unpaired) electrons. The Morgan fingerprint density at radius 2 is 1.43 bits per heavy atom. The molecule has 122 valence electrons. The zero-order valence-electron chi connectivity index (χ0n) is 14.6. The largest absolute Gasteiger partial charge is 0.508 e. The van der Waals surface area contributed by atoms with Crippen LogP contribution in [0.3, 0.4) is 0 Å². The van der Waals surface area contributed by atoms with E-state index in [9.17, 15) is 5.11 Å². The van der Waals surface area contributed by atoms with Crippen LogP contribution in [0.15, 0.2) is 42.5 Å². The number of rotatable bonds is 2. The monoisotopic (exact) mass is 308 g/mol. The second-order valence-electron chi connectivity index (χ2n) is 7.94. The van der Waals surface area contributed by atoms with Crippen LogP contribution in [0.4, 0.5) is 0 Å². The van der Waals surface area contributed by atoms with Crippen molar-refractivity contribution in [2.24, 2.45) is 0 Å². The van der Waals surface area contributed by atoms with E-state index in [1.165, 1.54) is 48.8 Å². The molecule has 0 spiro atoms. The van der Waals surface area contributed by atoms with Gasteiger partial charge in [0.15, 0.2) is 0 Å². The summed E-state index contributed by atoms with van der Waals surface area (Å²) < 4.78 is 0. The molecule has 2 aromatic carbocycles. The van der Waals surface area contributed by atoms with Crippen LogP contribution < -0.4 is 0 Å². The van der Waals surface area contributed by atoms with Crippen LogP contribution in [0.25, 0.3) is 11.1 Å². The van der Waals surface area contributed by atoms with E-state index in [4.69, 9.17) is 0 Å². The van der Waals surface area contributed by atoms with Crippen LogP contribution in [-0.4, -0.2) is 5.11 Å². The van der Waals surface area contributed by atoms with Crippen LogP contribution in [0, 0.1) is 0 Å². The predicted octanol–water partition coefficient (Wildman–Crippen LogP) is 6.40. The summed E-state index contributed by atoms with van der Waals surface area (Å²) in [4.78, 5) is 0. The van der Waals surface area contributed by atoms with Crippen molar-refractivity contribution in [3.8, 4) is 16.9 Å². The molecule has 0 aliphatic heterocycles. The maximum atomic E-state index is 10.1. The maximum Gasteiger partial charge on any atom is 0.119 e. The summed E-state index contributed by atoms with van der Waals surface area (Å²) in [5, 5.41) is 10.1. The van der Waals surface area contributed by atoms with Gasteiger partial charge < -0.3 is 5.11 Å². The minimum absolute atomic E-state index is 0.0534. The Kier molecular flexibility index (Phi) is 4.48. The van der Waals surface area contributed by atoms with Crippen molar-refractivity contribution in [2.75, 3.05) is 0 Å². The Labute approximate surface area is 140 Å². The first kappa shape index (κ1) is 16.1. The second-order valence-corrected chi connectivity index (χ2v) is 7.94. The van der Waals surface area contributed by atoms with Gasteiger partial charge in [-0.3, -0.25) is 0 Å². The van der Waals surface area contributed by atoms with Gasteiger partial charge >= 0.3 is 0 Å². The summed E-state index contributed by atoms with van der Waals surface area (Å²) in [5.41, 5.74) is 4.86. The average Bonchev–Trinajstić information content (AvgIpc) is 2.55. The van der Waals surface area contributed by atoms with Crippen molar-refractivity contribution in [1.29, 1.82) is 0 Å².